The van der Waals surface area contributed by atoms with Gasteiger partial charge >= 0.3 is 0 Å². The lowest BCUT2D eigenvalue weighted by atomic mass is 10.1. The van der Waals surface area contributed by atoms with E-state index in [9.17, 15) is 17.6 Å². The number of benzene rings is 2. The van der Waals surface area contributed by atoms with Gasteiger partial charge in [-0.1, -0.05) is 5.16 Å². The Labute approximate surface area is 195 Å². The lowest BCUT2D eigenvalue weighted by Gasteiger charge is -2.06. The van der Waals surface area contributed by atoms with Crippen molar-refractivity contribution in [1.82, 2.24) is 14.9 Å². The Bertz CT molecular complexity index is 1550. The van der Waals surface area contributed by atoms with E-state index in [1.165, 1.54) is 53.2 Å². The molecule has 176 valence electrons. The number of halogens is 1. The normalized spacial score (nSPS) is 12.2. The number of nitrogens with zero attached hydrogens (tertiary/aromatic N) is 3. The third kappa shape index (κ3) is 4.42. The molecule has 4 rings (SSSR count). The second-order valence-corrected chi connectivity index (χ2v) is 9.43. The third-order valence-electron chi connectivity index (χ3n) is 5.35. The first-order chi connectivity index (χ1) is 16.1. The number of aromatic amines is 1. The minimum Gasteiger partial charge on any atom is -0.337 e. The zero-order chi connectivity index (χ0) is 24.6. The summed E-state index contributed by atoms with van der Waals surface area (Å²) in [6, 6.07) is 11.4. The van der Waals surface area contributed by atoms with Crippen molar-refractivity contribution in [2.24, 2.45) is 4.99 Å². The number of sulfonamides is 1. The second kappa shape index (κ2) is 8.75. The molecule has 9 nitrogen and oxygen atoms in total. The monoisotopic (exact) mass is 483 g/mol. The molecule has 34 heavy (non-hydrogen) atoms. The second-order valence-electron chi connectivity index (χ2n) is 7.75. The van der Waals surface area contributed by atoms with Crippen LogP contribution >= 0.6 is 0 Å². The fraction of sp³-hybridized carbons (Fsp3) is 0.174. The highest BCUT2D eigenvalue weighted by molar-refractivity contribution is 7.92. The number of rotatable bonds is 6. The van der Waals surface area contributed by atoms with Crippen LogP contribution in [0.1, 0.15) is 29.4 Å². The van der Waals surface area contributed by atoms with Crippen LogP contribution in [0.5, 0.6) is 0 Å². The summed E-state index contributed by atoms with van der Waals surface area (Å²) in [5, 5.41) is 6.72. The Morgan fingerprint density at radius 3 is 2.32 bits per heavy atom. The number of aromatic nitrogens is 3. The molecule has 0 saturated heterocycles. The Morgan fingerprint density at radius 1 is 1.09 bits per heavy atom. The molecule has 0 aliphatic heterocycles. The fourth-order valence-corrected chi connectivity index (χ4v) is 4.43. The van der Waals surface area contributed by atoms with Crippen molar-refractivity contribution in [2.45, 2.75) is 32.6 Å². The largest absolute Gasteiger partial charge is 0.337 e. The molecular formula is C23H22FN5O4S. The van der Waals surface area contributed by atoms with Gasteiger partial charge in [0.1, 0.15) is 5.82 Å². The van der Waals surface area contributed by atoms with Gasteiger partial charge < -0.3 is 4.52 Å². The average molecular weight is 484 g/mol. The first kappa shape index (κ1) is 23.2. The molecule has 0 spiro atoms. The van der Waals surface area contributed by atoms with Crippen molar-refractivity contribution in [1.29, 1.82) is 0 Å². The number of hydrogen-bond acceptors (Lipinski definition) is 6. The number of nitrogens with one attached hydrogen (secondary N) is 2. The molecule has 2 heterocycles. The van der Waals surface area contributed by atoms with Crippen molar-refractivity contribution in [2.75, 3.05) is 4.72 Å². The molecule has 11 heteroatoms. The van der Waals surface area contributed by atoms with Gasteiger partial charge in [-0.2, -0.15) is 0 Å². The van der Waals surface area contributed by atoms with Gasteiger partial charge in [0.05, 0.1) is 33.2 Å². The van der Waals surface area contributed by atoms with Crippen LogP contribution in [0.3, 0.4) is 0 Å². The first-order valence-electron chi connectivity index (χ1n) is 10.3. The van der Waals surface area contributed by atoms with Crippen LogP contribution in [0.25, 0.3) is 5.69 Å². The van der Waals surface area contributed by atoms with Crippen LogP contribution in [-0.4, -0.2) is 29.1 Å². The molecule has 0 saturated carbocycles. The topological polar surface area (TPSA) is 122 Å². The summed E-state index contributed by atoms with van der Waals surface area (Å²) in [5.41, 5.74) is 3.25. The van der Waals surface area contributed by atoms with E-state index < -0.39 is 15.8 Å². The summed E-state index contributed by atoms with van der Waals surface area (Å²) >= 11 is 0. The standard InChI is InChI=1S/C23H22FN5O4S/c1-13-14(2)27-33-22(13)28-34(31,32)20-11-7-18(8-12-20)25-15(3)21-16(4)26-29(23(21)30)19-9-5-17(24)6-10-19/h5-12,26,28H,1-4H3. The van der Waals surface area contributed by atoms with E-state index in [2.05, 4.69) is 20.0 Å². The highest BCUT2D eigenvalue weighted by Crippen LogP contribution is 2.23. The molecule has 0 amide bonds. The molecule has 2 aromatic carbocycles. The number of anilines is 1. The van der Waals surface area contributed by atoms with E-state index in [1.807, 2.05) is 0 Å². The maximum absolute atomic E-state index is 13.2. The van der Waals surface area contributed by atoms with Gasteiger partial charge in [-0.25, -0.2) is 22.2 Å². The molecule has 0 aliphatic carbocycles. The molecule has 4 aromatic rings. The predicted octanol–water partition coefficient (Wildman–Crippen LogP) is 4.16. The summed E-state index contributed by atoms with van der Waals surface area (Å²) < 4.78 is 47.3. The molecule has 0 atom stereocenters. The number of H-pyrrole nitrogens is 1. The zero-order valence-electron chi connectivity index (χ0n) is 18.9. The molecule has 2 aromatic heterocycles. The smallest absolute Gasteiger partial charge is 0.280 e. The average Bonchev–Trinajstić information content (AvgIpc) is 3.27. The van der Waals surface area contributed by atoms with Crippen molar-refractivity contribution >= 4 is 27.3 Å². The Hall–Kier alpha value is -3.99. The van der Waals surface area contributed by atoms with Gasteiger partial charge in [-0.3, -0.25) is 14.9 Å². The summed E-state index contributed by atoms with van der Waals surface area (Å²) in [6.45, 7) is 6.85. The van der Waals surface area contributed by atoms with Crippen LogP contribution in [-0.2, 0) is 10.0 Å². The van der Waals surface area contributed by atoms with Crippen molar-refractivity contribution < 1.29 is 17.3 Å². The van der Waals surface area contributed by atoms with Gasteiger partial charge in [0.25, 0.3) is 15.6 Å². The van der Waals surface area contributed by atoms with E-state index in [-0.39, 0.29) is 16.3 Å². The molecule has 0 radical (unpaired) electrons. The van der Waals surface area contributed by atoms with E-state index in [1.54, 1.807) is 27.7 Å². The van der Waals surface area contributed by atoms with E-state index in [0.29, 0.717) is 39.6 Å². The Balaban J connectivity index is 1.60. The number of aryl methyl sites for hydroxylation is 2. The quantitative estimate of drug-likeness (QED) is 0.399. The van der Waals surface area contributed by atoms with E-state index >= 15 is 0 Å². The fourth-order valence-electron chi connectivity index (χ4n) is 3.39. The number of hydrogen-bond donors (Lipinski definition) is 2. The van der Waals surface area contributed by atoms with E-state index in [0.717, 1.165) is 0 Å². The van der Waals surface area contributed by atoms with Gasteiger partial charge in [0.15, 0.2) is 0 Å². The third-order valence-corrected chi connectivity index (χ3v) is 6.69. The minimum atomic E-state index is -3.88. The molecule has 2 N–H and O–H groups in total. The first-order valence-corrected chi connectivity index (χ1v) is 11.7. The highest BCUT2D eigenvalue weighted by Gasteiger charge is 2.19. The van der Waals surface area contributed by atoms with Crippen LogP contribution in [0, 0.1) is 26.6 Å². The summed E-state index contributed by atoms with van der Waals surface area (Å²) in [4.78, 5) is 17.4. The molecular weight excluding hydrogens is 461 g/mol. The summed E-state index contributed by atoms with van der Waals surface area (Å²) in [5.74, 6) is -0.333. The molecule has 0 bridgehead atoms. The maximum Gasteiger partial charge on any atom is 0.280 e. The van der Waals surface area contributed by atoms with Gasteiger partial charge in [0, 0.05) is 11.3 Å². The van der Waals surface area contributed by atoms with Crippen molar-refractivity contribution in [3.05, 3.63) is 87.2 Å². The lowest BCUT2D eigenvalue weighted by molar-refractivity contribution is 0.430. The highest BCUT2D eigenvalue weighted by atomic mass is 32.2. The molecule has 0 unspecified atom stereocenters. The molecule has 0 fully saturated rings. The van der Waals surface area contributed by atoms with Crippen LogP contribution < -0.4 is 10.3 Å². The predicted molar refractivity (Wildman–Crippen MR) is 126 cm³/mol. The van der Waals surface area contributed by atoms with Crippen LogP contribution in [0.15, 0.2) is 67.7 Å². The van der Waals surface area contributed by atoms with Gasteiger partial charge in [-0.15, -0.1) is 0 Å². The molecule has 0 aliphatic rings. The lowest BCUT2D eigenvalue weighted by Crippen LogP contribution is -2.19. The minimum absolute atomic E-state index is 0.0223. The maximum atomic E-state index is 13.2. The van der Waals surface area contributed by atoms with Gasteiger partial charge in [0.2, 0.25) is 5.88 Å². The van der Waals surface area contributed by atoms with Crippen LogP contribution in [0.4, 0.5) is 16.0 Å². The summed E-state index contributed by atoms with van der Waals surface area (Å²) in [6.07, 6.45) is 0. The Morgan fingerprint density at radius 2 is 1.74 bits per heavy atom. The van der Waals surface area contributed by atoms with Crippen LogP contribution in [0.2, 0.25) is 0 Å². The zero-order valence-corrected chi connectivity index (χ0v) is 19.7. The SMILES string of the molecule is CC(=Nc1ccc(S(=O)(=O)Nc2onc(C)c2C)cc1)c1c(C)[nH]n(-c2ccc(F)cc2)c1=O. The van der Waals surface area contributed by atoms with Crippen molar-refractivity contribution in [3.8, 4) is 5.69 Å². The summed E-state index contributed by atoms with van der Waals surface area (Å²) in [7, 11) is -3.88. The number of aliphatic imine (C=N–C) groups is 1. The Kier molecular flexibility index (Phi) is 5.96. The van der Waals surface area contributed by atoms with E-state index in [4.69, 9.17) is 4.52 Å². The van der Waals surface area contributed by atoms with Crippen molar-refractivity contribution in [3.63, 3.8) is 0 Å². The van der Waals surface area contributed by atoms with Gasteiger partial charge in [-0.05, 0) is 76.2 Å².